The Morgan fingerprint density at radius 1 is 1.22 bits per heavy atom. The first-order chi connectivity index (χ1) is 12.8. The second-order valence-electron chi connectivity index (χ2n) is 8.13. The summed E-state index contributed by atoms with van der Waals surface area (Å²) in [4.78, 5) is 12.1. The Morgan fingerprint density at radius 2 is 1.89 bits per heavy atom. The van der Waals surface area contributed by atoms with E-state index in [0.29, 0.717) is 30.4 Å². The fraction of sp³-hybridized carbons (Fsp3) is 0.632. The molecular formula is C19H25FN2O4S. The van der Waals surface area contributed by atoms with Crippen molar-refractivity contribution < 1.29 is 22.3 Å². The van der Waals surface area contributed by atoms with E-state index in [1.165, 1.54) is 25.0 Å². The number of hydrogen-bond donors (Lipinski definition) is 2. The van der Waals surface area contributed by atoms with Crippen molar-refractivity contribution in [3.8, 4) is 5.75 Å². The van der Waals surface area contributed by atoms with E-state index >= 15 is 0 Å². The molecule has 2 bridgehead atoms. The lowest BCUT2D eigenvalue weighted by atomic mass is 9.93. The van der Waals surface area contributed by atoms with Crippen molar-refractivity contribution >= 4 is 15.9 Å². The van der Waals surface area contributed by atoms with E-state index in [1.807, 2.05) is 4.72 Å². The predicted octanol–water partition coefficient (Wildman–Crippen LogP) is 2.30. The minimum atomic E-state index is -3.75. The van der Waals surface area contributed by atoms with Crippen molar-refractivity contribution in [3.63, 3.8) is 0 Å². The van der Waals surface area contributed by atoms with E-state index in [2.05, 4.69) is 5.32 Å². The summed E-state index contributed by atoms with van der Waals surface area (Å²) in [5.74, 6) is -0.530. The smallest absolute Gasteiger partial charge is 0.267 e. The summed E-state index contributed by atoms with van der Waals surface area (Å²) in [6.07, 6.45) is 7.38. The fourth-order valence-corrected chi connectivity index (χ4v) is 4.77. The number of halogens is 1. The van der Waals surface area contributed by atoms with Crippen LogP contribution in [-0.4, -0.2) is 39.3 Å². The lowest BCUT2D eigenvalue weighted by molar-refractivity contribution is 0.0977. The number of fused-ring (bicyclic) bond motifs is 2. The van der Waals surface area contributed by atoms with Crippen molar-refractivity contribution in [3.05, 3.63) is 29.1 Å². The van der Waals surface area contributed by atoms with Crippen LogP contribution in [0.15, 0.2) is 12.1 Å². The number of sulfonamides is 1. The van der Waals surface area contributed by atoms with E-state index in [1.54, 1.807) is 0 Å². The molecule has 6 nitrogen and oxygen atoms in total. The Labute approximate surface area is 158 Å². The van der Waals surface area contributed by atoms with Crippen molar-refractivity contribution in [1.29, 1.82) is 0 Å². The van der Waals surface area contributed by atoms with Gasteiger partial charge in [-0.25, -0.2) is 17.5 Å². The van der Waals surface area contributed by atoms with E-state index in [0.717, 1.165) is 37.5 Å². The maximum atomic E-state index is 14.5. The summed E-state index contributed by atoms with van der Waals surface area (Å²) in [7, 11) is -3.75. The molecule has 27 heavy (non-hydrogen) atoms. The lowest BCUT2D eigenvalue weighted by Gasteiger charge is -2.29. The Balaban J connectivity index is 1.50. The quantitative estimate of drug-likeness (QED) is 0.771. The number of ether oxygens (including phenoxy) is 1. The molecule has 1 aliphatic carbocycles. The first-order valence-electron chi connectivity index (χ1n) is 9.53. The number of piperidine rings is 1. The SMILES string of the molecule is CS(=O)(=O)NC(=O)c1cc(C2CC2)c(OCC2CC3CC[C@@H](C2)N3)cc1F. The topological polar surface area (TPSA) is 84.5 Å². The van der Waals surface area contributed by atoms with Crippen LogP contribution in [0.4, 0.5) is 4.39 Å². The molecule has 1 saturated carbocycles. The van der Waals surface area contributed by atoms with Crippen LogP contribution in [0.3, 0.4) is 0 Å². The molecule has 8 heteroatoms. The highest BCUT2D eigenvalue weighted by atomic mass is 32.2. The Hall–Kier alpha value is -1.67. The number of amides is 1. The van der Waals surface area contributed by atoms with Crippen molar-refractivity contribution in [1.82, 2.24) is 10.0 Å². The van der Waals surface area contributed by atoms with Crippen LogP contribution in [0.25, 0.3) is 0 Å². The molecule has 3 atom stereocenters. The van der Waals surface area contributed by atoms with Crippen LogP contribution in [-0.2, 0) is 10.0 Å². The van der Waals surface area contributed by atoms with E-state index in [4.69, 9.17) is 4.74 Å². The van der Waals surface area contributed by atoms with Gasteiger partial charge in [0.05, 0.1) is 18.4 Å². The third-order valence-corrected chi connectivity index (χ3v) is 6.24. The molecule has 2 saturated heterocycles. The number of carbonyl (C=O) groups is 1. The fourth-order valence-electron chi connectivity index (χ4n) is 4.33. The average Bonchev–Trinajstić information content (AvgIpc) is 3.36. The van der Waals surface area contributed by atoms with E-state index in [-0.39, 0.29) is 11.5 Å². The molecule has 1 aromatic rings. The van der Waals surface area contributed by atoms with Crippen molar-refractivity contribution in [2.75, 3.05) is 12.9 Å². The Kier molecular flexibility index (Phi) is 4.88. The second-order valence-corrected chi connectivity index (χ2v) is 9.88. The van der Waals surface area contributed by atoms with E-state index < -0.39 is 21.7 Å². The van der Waals surface area contributed by atoms with Gasteiger partial charge in [0.2, 0.25) is 10.0 Å². The lowest BCUT2D eigenvalue weighted by Crippen LogP contribution is -2.39. The van der Waals surface area contributed by atoms with Gasteiger partial charge in [0.25, 0.3) is 5.91 Å². The number of benzene rings is 1. The summed E-state index contributed by atoms with van der Waals surface area (Å²) in [5.41, 5.74) is 0.543. The molecule has 3 aliphatic rings. The minimum Gasteiger partial charge on any atom is -0.493 e. The molecule has 148 valence electrons. The molecule has 3 fully saturated rings. The molecular weight excluding hydrogens is 371 g/mol. The molecule has 2 N–H and O–H groups in total. The molecule has 1 amide bonds. The van der Waals surface area contributed by atoms with Gasteiger partial charge in [0.1, 0.15) is 11.6 Å². The number of nitrogens with one attached hydrogen (secondary N) is 2. The highest BCUT2D eigenvalue weighted by Gasteiger charge is 2.34. The highest BCUT2D eigenvalue weighted by Crippen LogP contribution is 2.45. The van der Waals surface area contributed by atoms with Gasteiger partial charge in [-0.05, 0) is 62.0 Å². The van der Waals surface area contributed by atoms with E-state index in [9.17, 15) is 17.6 Å². The van der Waals surface area contributed by atoms with Crippen LogP contribution >= 0.6 is 0 Å². The van der Waals surface area contributed by atoms with Gasteiger partial charge in [-0.3, -0.25) is 4.79 Å². The van der Waals surface area contributed by atoms with Crippen LogP contribution in [0.1, 0.15) is 60.4 Å². The third kappa shape index (κ3) is 4.43. The van der Waals surface area contributed by atoms with Crippen molar-refractivity contribution in [2.45, 2.75) is 56.5 Å². The second kappa shape index (κ2) is 7.05. The number of hydrogen-bond acceptors (Lipinski definition) is 5. The first-order valence-corrected chi connectivity index (χ1v) is 11.4. The zero-order valence-corrected chi connectivity index (χ0v) is 16.1. The van der Waals surface area contributed by atoms with Gasteiger partial charge >= 0.3 is 0 Å². The van der Waals surface area contributed by atoms with Crippen LogP contribution in [0.5, 0.6) is 5.75 Å². The average molecular weight is 396 g/mol. The standard InChI is InChI=1S/C19H25FN2O4S/c1-27(24,25)22-19(23)16-8-15(12-2-3-12)18(9-17(16)20)26-10-11-6-13-4-5-14(7-11)21-13/h8-9,11-14,21H,2-7,10H2,1H3,(H,22,23)/t11?,13-,14?/m0/s1. The molecule has 2 aliphatic heterocycles. The highest BCUT2D eigenvalue weighted by molar-refractivity contribution is 7.89. The van der Waals surface area contributed by atoms with Crippen molar-refractivity contribution in [2.24, 2.45) is 5.92 Å². The third-order valence-electron chi connectivity index (χ3n) is 5.68. The normalized spacial score (nSPS) is 27.4. The van der Waals surface area contributed by atoms with Gasteiger partial charge in [0, 0.05) is 18.2 Å². The van der Waals surface area contributed by atoms with Gasteiger partial charge in [-0.1, -0.05) is 0 Å². The monoisotopic (exact) mass is 396 g/mol. The summed E-state index contributed by atoms with van der Waals surface area (Å²) >= 11 is 0. The molecule has 0 radical (unpaired) electrons. The van der Waals surface area contributed by atoms with Gasteiger partial charge in [-0.2, -0.15) is 0 Å². The van der Waals surface area contributed by atoms with Crippen LogP contribution in [0, 0.1) is 11.7 Å². The molecule has 2 heterocycles. The number of carbonyl (C=O) groups excluding carboxylic acids is 1. The summed E-state index contributed by atoms with van der Waals surface area (Å²) in [6.45, 7) is 0.544. The zero-order valence-electron chi connectivity index (χ0n) is 15.3. The minimum absolute atomic E-state index is 0.245. The van der Waals surface area contributed by atoms with Crippen LogP contribution in [0.2, 0.25) is 0 Å². The zero-order chi connectivity index (χ0) is 19.2. The van der Waals surface area contributed by atoms with Crippen LogP contribution < -0.4 is 14.8 Å². The summed E-state index contributed by atoms with van der Waals surface area (Å²) in [6, 6.07) is 3.83. The maximum absolute atomic E-state index is 14.5. The Bertz CT molecular complexity index is 842. The molecule has 4 rings (SSSR count). The predicted molar refractivity (Wildman–Crippen MR) is 98.8 cm³/mol. The summed E-state index contributed by atoms with van der Waals surface area (Å²) < 4.78 is 44.9. The first kappa shape index (κ1) is 18.7. The van der Waals surface area contributed by atoms with Gasteiger partial charge in [-0.15, -0.1) is 0 Å². The molecule has 2 unspecified atom stereocenters. The molecule has 0 aromatic heterocycles. The van der Waals surface area contributed by atoms with Gasteiger partial charge in [0.15, 0.2) is 0 Å². The van der Waals surface area contributed by atoms with Gasteiger partial charge < -0.3 is 10.1 Å². The Morgan fingerprint density at radius 3 is 2.48 bits per heavy atom. The molecule has 0 spiro atoms. The largest absolute Gasteiger partial charge is 0.493 e. The molecule has 1 aromatic carbocycles. The summed E-state index contributed by atoms with van der Waals surface area (Å²) in [5, 5.41) is 3.60. The number of rotatable bonds is 6. The maximum Gasteiger partial charge on any atom is 0.267 e.